The van der Waals surface area contributed by atoms with Gasteiger partial charge in [-0.25, -0.2) is 0 Å². The van der Waals surface area contributed by atoms with E-state index in [2.05, 4.69) is 18.7 Å². The number of amides is 1. The second kappa shape index (κ2) is 8.98. The van der Waals surface area contributed by atoms with E-state index in [4.69, 9.17) is 5.11 Å². The zero-order valence-corrected chi connectivity index (χ0v) is 12.9. The minimum absolute atomic E-state index is 0.169. The lowest BCUT2D eigenvalue weighted by atomic mass is 10.1. The normalized spacial score (nSPS) is 15.8. The molecule has 20 heavy (non-hydrogen) atoms. The Hall–Kier alpha value is -1.06. The molecule has 0 heterocycles. The highest BCUT2D eigenvalue weighted by Crippen LogP contribution is 2.25. The summed E-state index contributed by atoms with van der Waals surface area (Å²) < 4.78 is 0. The van der Waals surface area contributed by atoms with Crippen LogP contribution in [0.3, 0.4) is 0 Å². The number of nitrogens with zero attached hydrogens (tertiary/aromatic N) is 1. The molecule has 1 saturated carbocycles. The fourth-order valence-corrected chi connectivity index (χ4v) is 2.82. The van der Waals surface area contributed by atoms with Crippen molar-refractivity contribution in [2.75, 3.05) is 6.54 Å². The average Bonchev–Trinajstić information content (AvgIpc) is 2.88. The van der Waals surface area contributed by atoms with Crippen LogP contribution in [0.25, 0.3) is 0 Å². The van der Waals surface area contributed by atoms with Crippen LogP contribution in [0.15, 0.2) is 0 Å². The van der Waals surface area contributed by atoms with E-state index < -0.39 is 5.97 Å². The minimum Gasteiger partial charge on any atom is -0.481 e. The maximum Gasteiger partial charge on any atom is 0.303 e. The fraction of sp³-hybridized carbons (Fsp3) is 0.875. The minimum atomic E-state index is -0.773. The first kappa shape index (κ1) is 17.0. The molecule has 4 nitrogen and oxygen atoms in total. The summed E-state index contributed by atoms with van der Waals surface area (Å²) in [6.07, 6.45) is 7.75. The molecule has 0 atom stereocenters. The zero-order valence-electron chi connectivity index (χ0n) is 12.9. The Labute approximate surface area is 122 Å². The highest BCUT2D eigenvalue weighted by molar-refractivity contribution is 5.76. The largest absolute Gasteiger partial charge is 0.481 e. The standard InChI is InChI=1S/C16H29NO3/c1-13(2)11-12-17(14-7-3-4-8-14)15(18)9-5-6-10-16(19)20/h13-14H,3-12H2,1-2H3,(H,19,20). The summed E-state index contributed by atoms with van der Waals surface area (Å²) in [5.74, 6) is 0.0616. The monoisotopic (exact) mass is 283 g/mol. The number of hydrogen-bond donors (Lipinski definition) is 1. The number of unbranched alkanes of at least 4 members (excludes halogenated alkanes) is 1. The second-order valence-electron chi connectivity index (χ2n) is 6.31. The van der Waals surface area contributed by atoms with E-state index in [9.17, 15) is 9.59 Å². The van der Waals surface area contributed by atoms with E-state index in [-0.39, 0.29) is 12.3 Å². The van der Waals surface area contributed by atoms with Gasteiger partial charge in [0.2, 0.25) is 5.91 Å². The molecule has 0 radical (unpaired) electrons. The van der Waals surface area contributed by atoms with Gasteiger partial charge < -0.3 is 10.0 Å². The number of aliphatic carboxylic acids is 1. The third kappa shape index (κ3) is 6.40. The summed E-state index contributed by atoms with van der Waals surface area (Å²) in [4.78, 5) is 24.9. The molecule has 0 unspecified atom stereocenters. The Morgan fingerprint density at radius 2 is 1.75 bits per heavy atom. The lowest BCUT2D eigenvalue weighted by molar-refractivity contribution is -0.138. The van der Waals surface area contributed by atoms with Crippen LogP contribution >= 0.6 is 0 Å². The van der Waals surface area contributed by atoms with E-state index in [0.717, 1.165) is 25.8 Å². The number of rotatable bonds is 9. The van der Waals surface area contributed by atoms with Gasteiger partial charge in [0.15, 0.2) is 0 Å². The van der Waals surface area contributed by atoms with Crippen molar-refractivity contribution in [1.82, 2.24) is 4.90 Å². The van der Waals surface area contributed by atoms with Crippen LogP contribution in [-0.4, -0.2) is 34.5 Å². The number of carboxylic acids is 1. The van der Waals surface area contributed by atoms with Gasteiger partial charge in [0.1, 0.15) is 0 Å². The van der Waals surface area contributed by atoms with Crippen LogP contribution in [0.2, 0.25) is 0 Å². The highest BCUT2D eigenvalue weighted by Gasteiger charge is 2.26. The summed E-state index contributed by atoms with van der Waals surface area (Å²) >= 11 is 0. The van der Waals surface area contributed by atoms with Crippen LogP contribution in [-0.2, 0) is 9.59 Å². The number of hydrogen-bond acceptors (Lipinski definition) is 2. The van der Waals surface area contributed by atoms with Crippen LogP contribution < -0.4 is 0 Å². The molecule has 1 amide bonds. The average molecular weight is 283 g/mol. The van der Waals surface area contributed by atoms with Crippen LogP contribution in [0.5, 0.6) is 0 Å². The van der Waals surface area contributed by atoms with Crippen molar-refractivity contribution in [3.63, 3.8) is 0 Å². The first-order chi connectivity index (χ1) is 9.50. The van der Waals surface area contributed by atoms with Crippen LogP contribution in [0, 0.1) is 5.92 Å². The Morgan fingerprint density at radius 1 is 1.15 bits per heavy atom. The molecular weight excluding hydrogens is 254 g/mol. The molecule has 0 spiro atoms. The number of carbonyl (C=O) groups excluding carboxylic acids is 1. The van der Waals surface area contributed by atoms with Gasteiger partial charge in [-0.2, -0.15) is 0 Å². The molecule has 0 aliphatic heterocycles. The maximum absolute atomic E-state index is 12.4. The predicted molar refractivity (Wildman–Crippen MR) is 79.5 cm³/mol. The molecule has 1 aliphatic carbocycles. The molecule has 116 valence electrons. The summed E-state index contributed by atoms with van der Waals surface area (Å²) in [7, 11) is 0. The third-order valence-corrected chi connectivity index (χ3v) is 4.06. The van der Waals surface area contributed by atoms with Gasteiger partial charge in [0, 0.05) is 25.4 Å². The van der Waals surface area contributed by atoms with Gasteiger partial charge >= 0.3 is 5.97 Å². The van der Waals surface area contributed by atoms with Crippen molar-refractivity contribution in [3.8, 4) is 0 Å². The molecule has 1 fully saturated rings. The van der Waals surface area contributed by atoms with Gasteiger partial charge in [0.25, 0.3) is 0 Å². The molecule has 4 heteroatoms. The van der Waals surface area contributed by atoms with E-state index in [0.29, 0.717) is 31.2 Å². The van der Waals surface area contributed by atoms with Crippen LogP contribution in [0.4, 0.5) is 0 Å². The SMILES string of the molecule is CC(C)CCN(C(=O)CCCCC(=O)O)C1CCCC1. The zero-order chi connectivity index (χ0) is 15.0. The topological polar surface area (TPSA) is 57.6 Å². The molecule has 0 aromatic rings. The Balaban J connectivity index is 2.40. The van der Waals surface area contributed by atoms with Crippen molar-refractivity contribution >= 4 is 11.9 Å². The predicted octanol–water partition coefficient (Wildman–Crippen LogP) is 3.45. The summed E-state index contributed by atoms with van der Waals surface area (Å²) in [5.41, 5.74) is 0. The maximum atomic E-state index is 12.4. The quantitative estimate of drug-likeness (QED) is 0.659. The van der Waals surface area contributed by atoms with Gasteiger partial charge in [-0.3, -0.25) is 9.59 Å². The molecule has 1 rings (SSSR count). The van der Waals surface area contributed by atoms with Gasteiger partial charge in [-0.1, -0.05) is 26.7 Å². The van der Waals surface area contributed by atoms with E-state index >= 15 is 0 Å². The van der Waals surface area contributed by atoms with Gasteiger partial charge in [0.05, 0.1) is 0 Å². The lowest BCUT2D eigenvalue weighted by Crippen LogP contribution is -2.39. The van der Waals surface area contributed by atoms with E-state index in [1.165, 1.54) is 12.8 Å². The van der Waals surface area contributed by atoms with Gasteiger partial charge in [-0.05, 0) is 38.0 Å². The second-order valence-corrected chi connectivity index (χ2v) is 6.31. The van der Waals surface area contributed by atoms with Gasteiger partial charge in [-0.15, -0.1) is 0 Å². The number of carboxylic acid groups (broad SMARTS) is 1. The molecule has 1 aliphatic rings. The van der Waals surface area contributed by atoms with Crippen molar-refractivity contribution < 1.29 is 14.7 Å². The van der Waals surface area contributed by atoms with Crippen molar-refractivity contribution in [2.45, 2.75) is 77.7 Å². The smallest absolute Gasteiger partial charge is 0.303 e. The van der Waals surface area contributed by atoms with Crippen molar-refractivity contribution in [1.29, 1.82) is 0 Å². The molecular formula is C16H29NO3. The lowest BCUT2D eigenvalue weighted by Gasteiger charge is -2.30. The Morgan fingerprint density at radius 3 is 2.30 bits per heavy atom. The molecule has 0 saturated heterocycles. The molecule has 0 aromatic heterocycles. The summed E-state index contributed by atoms with van der Waals surface area (Å²) in [5, 5.41) is 8.61. The summed E-state index contributed by atoms with van der Waals surface area (Å²) in [6.45, 7) is 5.23. The van der Waals surface area contributed by atoms with Crippen molar-refractivity contribution in [3.05, 3.63) is 0 Å². The fourth-order valence-electron chi connectivity index (χ4n) is 2.82. The van der Waals surface area contributed by atoms with Crippen molar-refractivity contribution in [2.24, 2.45) is 5.92 Å². The molecule has 1 N–H and O–H groups in total. The summed E-state index contributed by atoms with van der Waals surface area (Å²) in [6, 6.07) is 0.431. The third-order valence-electron chi connectivity index (χ3n) is 4.06. The van der Waals surface area contributed by atoms with E-state index in [1.54, 1.807) is 0 Å². The highest BCUT2D eigenvalue weighted by atomic mass is 16.4. The van der Waals surface area contributed by atoms with E-state index in [1.807, 2.05) is 0 Å². The number of carbonyl (C=O) groups is 2. The van der Waals surface area contributed by atoms with Crippen LogP contribution in [0.1, 0.15) is 71.6 Å². The first-order valence-corrected chi connectivity index (χ1v) is 8.02. The molecule has 0 bridgehead atoms. The molecule has 0 aromatic carbocycles. The Bertz CT molecular complexity index is 309. The first-order valence-electron chi connectivity index (χ1n) is 8.02. The Kier molecular flexibility index (Phi) is 7.63.